The molecule has 1 amide bonds. The molecule has 0 bridgehead atoms. The summed E-state index contributed by atoms with van der Waals surface area (Å²) >= 11 is 0. The average molecular weight is 409 g/mol. The van der Waals surface area contributed by atoms with Gasteiger partial charge in [0.15, 0.2) is 11.8 Å². The number of hydrogen-bond acceptors (Lipinski definition) is 7. The minimum atomic E-state index is -1.03. The number of fused-ring (bicyclic) bond motifs is 1. The number of amides is 1. The lowest BCUT2D eigenvalue weighted by Gasteiger charge is -2.17. The van der Waals surface area contributed by atoms with Crippen LogP contribution < -0.4 is 10.2 Å². The third kappa shape index (κ3) is 3.97. The largest absolute Gasteiger partial charge is 0.432 e. The predicted octanol–water partition coefficient (Wildman–Crippen LogP) is 2.47. The van der Waals surface area contributed by atoms with Crippen LogP contribution in [-0.2, 0) is 19.1 Å². The van der Waals surface area contributed by atoms with Crippen LogP contribution in [0.1, 0.15) is 20.3 Å². The molecule has 2 aromatic heterocycles. The van der Waals surface area contributed by atoms with E-state index >= 15 is 0 Å². The molecule has 1 aliphatic rings. The fourth-order valence-electron chi connectivity index (χ4n) is 3.39. The molecule has 0 aliphatic carbocycles. The van der Waals surface area contributed by atoms with E-state index in [1.54, 1.807) is 18.4 Å². The fraction of sp³-hybridized carbons (Fsp3) is 0.333. The van der Waals surface area contributed by atoms with Gasteiger partial charge < -0.3 is 14.4 Å². The van der Waals surface area contributed by atoms with E-state index in [9.17, 15) is 9.59 Å². The van der Waals surface area contributed by atoms with Crippen LogP contribution in [0.4, 0.5) is 11.6 Å². The number of nitrogens with zero attached hydrogens (tertiary/aromatic N) is 4. The molecule has 3 heterocycles. The molecule has 9 nitrogen and oxygen atoms in total. The molecule has 1 N–H and O–H groups in total. The first-order chi connectivity index (χ1) is 14.2. The van der Waals surface area contributed by atoms with E-state index in [4.69, 9.17) is 9.47 Å². The third-order valence-corrected chi connectivity index (χ3v) is 4.69. The van der Waals surface area contributed by atoms with Crippen LogP contribution in [0.15, 0.2) is 42.6 Å². The standard InChI is InChI=1S/C21H23N5O4/c1-21(2)29-16(19(28)30-21)11-18(27)23-20-22-17-10-9-13(12-26(17)24-20)14-7-5-6-8-15(14)25(3)4/h5-10,12,16H,11H2,1-4H3,(H,23,24,27)/t16-/m1/s1. The molecule has 3 aromatic rings. The first-order valence-electron chi connectivity index (χ1n) is 9.55. The Balaban J connectivity index is 1.52. The molecule has 156 valence electrons. The van der Waals surface area contributed by atoms with Crippen LogP contribution in [0.3, 0.4) is 0 Å². The maximum absolute atomic E-state index is 12.3. The Morgan fingerprint density at radius 3 is 2.70 bits per heavy atom. The van der Waals surface area contributed by atoms with Gasteiger partial charge in [-0.3, -0.25) is 10.1 Å². The molecule has 0 saturated carbocycles. The average Bonchev–Trinajstić information content (AvgIpc) is 3.19. The quantitative estimate of drug-likeness (QED) is 0.647. The molecule has 1 atom stereocenters. The first kappa shape index (κ1) is 19.8. The van der Waals surface area contributed by atoms with Crippen LogP contribution in [0, 0.1) is 0 Å². The molecule has 0 radical (unpaired) electrons. The highest BCUT2D eigenvalue weighted by atomic mass is 16.8. The zero-order valence-corrected chi connectivity index (χ0v) is 17.2. The number of esters is 1. The molecule has 1 aromatic carbocycles. The van der Waals surface area contributed by atoms with Gasteiger partial charge in [0.05, 0.1) is 6.42 Å². The number of benzene rings is 1. The molecular weight excluding hydrogens is 386 g/mol. The van der Waals surface area contributed by atoms with Crippen molar-refractivity contribution in [2.75, 3.05) is 24.3 Å². The number of para-hydroxylation sites is 1. The van der Waals surface area contributed by atoms with E-state index < -0.39 is 23.8 Å². The maximum Gasteiger partial charge on any atom is 0.338 e. The number of cyclic esters (lactones) is 1. The number of nitrogens with one attached hydrogen (secondary N) is 1. The monoisotopic (exact) mass is 409 g/mol. The normalized spacial score (nSPS) is 17.7. The summed E-state index contributed by atoms with van der Waals surface area (Å²) in [6, 6.07) is 11.9. The summed E-state index contributed by atoms with van der Waals surface area (Å²) in [5, 5.41) is 6.96. The summed E-state index contributed by atoms with van der Waals surface area (Å²) in [5.41, 5.74) is 3.70. The minimum Gasteiger partial charge on any atom is -0.432 e. The second-order valence-corrected chi connectivity index (χ2v) is 7.75. The summed E-state index contributed by atoms with van der Waals surface area (Å²) in [6.07, 6.45) is 0.755. The molecular formula is C21H23N5O4. The Labute approximate surface area is 173 Å². The minimum absolute atomic E-state index is 0.156. The van der Waals surface area contributed by atoms with Gasteiger partial charge in [-0.1, -0.05) is 18.2 Å². The number of anilines is 2. The van der Waals surface area contributed by atoms with Crippen LogP contribution in [-0.4, -0.2) is 52.5 Å². The Kier molecular flexibility index (Phi) is 4.90. The van der Waals surface area contributed by atoms with Gasteiger partial charge in [0.2, 0.25) is 17.6 Å². The smallest absolute Gasteiger partial charge is 0.338 e. The number of rotatable bonds is 5. The van der Waals surface area contributed by atoms with Crippen molar-refractivity contribution in [1.82, 2.24) is 14.6 Å². The molecule has 30 heavy (non-hydrogen) atoms. The van der Waals surface area contributed by atoms with Crippen molar-refractivity contribution in [3.8, 4) is 11.1 Å². The molecule has 0 spiro atoms. The van der Waals surface area contributed by atoms with Gasteiger partial charge in [-0.15, -0.1) is 5.10 Å². The van der Waals surface area contributed by atoms with Gasteiger partial charge in [-0.2, -0.15) is 4.98 Å². The number of pyridine rings is 1. The maximum atomic E-state index is 12.3. The summed E-state index contributed by atoms with van der Waals surface area (Å²) < 4.78 is 12.1. The molecule has 9 heteroatoms. The summed E-state index contributed by atoms with van der Waals surface area (Å²) in [5.74, 6) is -1.85. The van der Waals surface area contributed by atoms with Gasteiger partial charge in [-0.05, 0) is 18.2 Å². The zero-order valence-electron chi connectivity index (χ0n) is 17.2. The zero-order chi connectivity index (χ0) is 21.5. The van der Waals surface area contributed by atoms with E-state index in [1.807, 2.05) is 61.6 Å². The fourth-order valence-corrected chi connectivity index (χ4v) is 3.39. The molecule has 1 saturated heterocycles. The summed E-state index contributed by atoms with van der Waals surface area (Å²) in [4.78, 5) is 30.5. The number of ether oxygens (including phenoxy) is 2. The number of aromatic nitrogens is 3. The van der Waals surface area contributed by atoms with Gasteiger partial charge >= 0.3 is 5.97 Å². The van der Waals surface area contributed by atoms with Crippen LogP contribution in [0.2, 0.25) is 0 Å². The van der Waals surface area contributed by atoms with Crippen LogP contribution in [0.5, 0.6) is 0 Å². The third-order valence-electron chi connectivity index (χ3n) is 4.69. The number of hydrogen-bond donors (Lipinski definition) is 1. The molecule has 0 unspecified atom stereocenters. The second kappa shape index (κ2) is 7.42. The molecule has 4 rings (SSSR count). The van der Waals surface area contributed by atoms with Crippen molar-refractivity contribution in [3.63, 3.8) is 0 Å². The van der Waals surface area contributed by atoms with Crippen molar-refractivity contribution in [2.45, 2.75) is 32.2 Å². The van der Waals surface area contributed by atoms with Crippen LogP contribution in [0.25, 0.3) is 16.8 Å². The molecule has 1 aliphatic heterocycles. The lowest BCUT2D eigenvalue weighted by molar-refractivity contribution is -0.160. The van der Waals surface area contributed by atoms with Crippen molar-refractivity contribution in [3.05, 3.63) is 42.6 Å². The summed E-state index contributed by atoms with van der Waals surface area (Å²) in [6.45, 7) is 3.25. The molecule has 1 fully saturated rings. The lowest BCUT2D eigenvalue weighted by atomic mass is 10.1. The second-order valence-electron chi connectivity index (χ2n) is 7.75. The van der Waals surface area contributed by atoms with Gasteiger partial charge in [0.1, 0.15) is 0 Å². The number of carbonyl (C=O) groups is 2. The van der Waals surface area contributed by atoms with Gasteiger partial charge in [0.25, 0.3) is 0 Å². The van der Waals surface area contributed by atoms with E-state index in [2.05, 4.69) is 15.4 Å². The van der Waals surface area contributed by atoms with E-state index in [1.165, 1.54) is 0 Å². The van der Waals surface area contributed by atoms with Gasteiger partial charge in [0, 0.05) is 51.0 Å². The van der Waals surface area contributed by atoms with Crippen molar-refractivity contribution in [2.24, 2.45) is 0 Å². The van der Waals surface area contributed by atoms with Gasteiger partial charge in [-0.25, -0.2) is 9.31 Å². The van der Waals surface area contributed by atoms with Crippen molar-refractivity contribution < 1.29 is 19.1 Å². The summed E-state index contributed by atoms with van der Waals surface area (Å²) in [7, 11) is 3.98. The Morgan fingerprint density at radius 1 is 1.23 bits per heavy atom. The highest BCUT2D eigenvalue weighted by Gasteiger charge is 2.42. The SMILES string of the molecule is CN(C)c1ccccc1-c1ccc2nc(NC(=O)C[C@H]3OC(C)(C)OC3=O)nn2c1. The Morgan fingerprint density at radius 2 is 2.00 bits per heavy atom. The number of carbonyl (C=O) groups excluding carboxylic acids is 2. The predicted molar refractivity (Wildman–Crippen MR) is 111 cm³/mol. The highest BCUT2D eigenvalue weighted by Crippen LogP contribution is 2.30. The lowest BCUT2D eigenvalue weighted by Crippen LogP contribution is -2.26. The first-order valence-corrected chi connectivity index (χ1v) is 9.55. The van der Waals surface area contributed by atoms with E-state index in [-0.39, 0.29) is 12.4 Å². The van der Waals surface area contributed by atoms with E-state index in [0.29, 0.717) is 5.65 Å². The Hall–Kier alpha value is -3.46. The van der Waals surface area contributed by atoms with Crippen LogP contribution >= 0.6 is 0 Å². The topological polar surface area (TPSA) is 98.1 Å². The highest BCUT2D eigenvalue weighted by molar-refractivity contribution is 5.93. The van der Waals surface area contributed by atoms with Crippen molar-refractivity contribution >= 4 is 29.2 Å². The van der Waals surface area contributed by atoms with E-state index in [0.717, 1.165) is 16.8 Å². The Bertz CT molecular complexity index is 1120. The van der Waals surface area contributed by atoms with Crippen molar-refractivity contribution in [1.29, 1.82) is 0 Å².